The largest absolute Gasteiger partial charge is 0.350 e. The van der Waals surface area contributed by atoms with Crippen LogP contribution in [0.15, 0.2) is 41.5 Å². The number of aryl methyl sites for hydroxylation is 1. The van der Waals surface area contributed by atoms with Gasteiger partial charge < -0.3 is 5.32 Å². The number of carbonyl (C=O) groups is 1. The molecule has 114 valence electrons. The van der Waals surface area contributed by atoms with Gasteiger partial charge in [-0.05, 0) is 13.0 Å². The molecule has 0 saturated carbocycles. The Bertz CT molecular complexity index is 769. The fourth-order valence-electron chi connectivity index (χ4n) is 1.84. The van der Waals surface area contributed by atoms with Crippen molar-refractivity contribution in [1.29, 1.82) is 0 Å². The maximum atomic E-state index is 11.9. The Morgan fingerprint density at radius 3 is 2.86 bits per heavy atom. The first kappa shape index (κ1) is 15.4. The molecule has 0 atom stereocenters. The first-order valence-electron chi connectivity index (χ1n) is 6.53. The van der Waals surface area contributed by atoms with E-state index in [1.54, 1.807) is 6.92 Å². The van der Waals surface area contributed by atoms with Crippen molar-refractivity contribution >= 4 is 11.6 Å². The van der Waals surface area contributed by atoms with E-state index in [-0.39, 0.29) is 29.9 Å². The molecule has 8 nitrogen and oxygen atoms in total. The first-order valence-corrected chi connectivity index (χ1v) is 6.53. The molecule has 1 amide bonds. The molecule has 0 aliphatic heterocycles. The van der Waals surface area contributed by atoms with Crippen LogP contribution < -0.4 is 10.9 Å². The second-order valence-electron chi connectivity index (χ2n) is 4.63. The van der Waals surface area contributed by atoms with Crippen LogP contribution in [0, 0.1) is 17.0 Å². The van der Waals surface area contributed by atoms with Gasteiger partial charge in [-0.1, -0.05) is 6.07 Å². The zero-order valence-corrected chi connectivity index (χ0v) is 11.9. The second-order valence-corrected chi connectivity index (χ2v) is 4.63. The van der Waals surface area contributed by atoms with Crippen molar-refractivity contribution in [2.75, 3.05) is 6.54 Å². The minimum Gasteiger partial charge on any atom is -0.350 e. The minimum absolute atomic E-state index is 0.147. The lowest BCUT2D eigenvalue weighted by atomic mass is 10.2. The predicted octanol–water partition coefficient (Wildman–Crippen LogP) is 0.890. The molecule has 2 aromatic rings. The third-order valence-corrected chi connectivity index (χ3v) is 2.97. The van der Waals surface area contributed by atoms with Gasteiger partial charge in [0, 0.05) is 42.5 Å². The molecule has 1 heterocycles. The summed E-state index contributed by atoms with van der Waals surface area (Å²) in [4.78, 5) is 37.7. The molecule has 0 spiro atoms. The summed E-state index contributed by atoms with van der Waals surface area (Å²) in [5, 5.41) is 13.3. The number of nitrogens with one attached hydrogen (secondary N) is 1. The van der Waals surface area contributed by atoms with Gasteiger partial charge in [0.2, 0.25) is 0 Å². The quantitative estimate of drug-likeness (QED) is 0.652. The Balaban J connectivity index is 1.97. The zero-order valence-electron chi connectivity index (χ0n) is 11.9. The molecule has 0 radical (unpaired) electrons. The molecule has 0 aliphatic carbocycles. The van der Waals surface area contributed by atoms with Crippen LogP contribution in [0.4, 0.5) is 5.69 Å². The fourth-order valence-corrected chi connectivity index (χ4v) is 1.84. The van der Waals surface area contributed by atoms with Crippen molar-refractivity contribution in [3.05, 3.63) is 68.4 Å². The van der Waals surface area contributed by atoms with Crippen molar-refractivity contribution in [1.82, 2.24) is 14.9 Å². The van der Waals surface area contributed by atoms with Gasteiger partial charge in [0.05, 0.1) is 11.3 Å². The summed E-state index contributed by atoms with van der Waals surface area (Å²) >= 11 is 0. The molecule has 1 N–H and O–H groups in total. The van der Waals surface area contributed by atoms with Gasteiger partial charge in [-0.3, -0.25) is 24.3 Å². The number of benzene rings is 1. The standard InChI is InChI=1S/C14H14N4O4/c1-10-7-13(19)17(9-16-10)6-5-15-14(20)11-3-2-4-12(8-11)18(21)22/h2-4,7-9H,5-6H2,1H3,(H,15,20). The van der Waals surface area contributed by atoms with Gasteiger partial charge in [0.1, 0.15) is 0 Å². The molecule has 2 rings (SSSR count). The van der Waals surface area contributed by atoms with Crippen molar-refractivity contribution in [2.45, 2.75) is 13.5 Å². The molecule has 8 heteroatoms. The molecule has 1 aromatic heterocycles. The summed E-state index contributed by atoms with van der Waals surface area (Å²) in [6, 6.07) is 6.86. The molecule has 0 unspecified atom stereocenters. The van der Waals surface area contributed by atoms with E-state index in [4.69, 9.17) is 0 Å². The van der Waals surface area contributed by atoms with E-state index in [2.05, 4.69) is 10.3 Å². The summed E-state index contributed by atoms with van der Waals surface area (Å²) in [5.74, 6) is -0.434. The number of carbonyl (C=O) groups excluding carboxylic acids is 1. The van der Waals surface area contributed by atoms with Crippen LogP contribution in [0.5, 0.6) is 0 Å². The summed E-state index contributed by atoms with van der Waals surface area (Å²) < 4.78 is 1.38. The van der Waals surface area contributed by atoms with Crippen LogP contribution in [0.3, 0.4) is 0 Å². The molecule has 0 bridgehead atoms. The molecule has 0 fully saturated rings. The van der Waals surface area contributed by atoms with Crippen molar-refractivity contribution in [3.63, 3.8) is 0 Å². The van der Waals surface area contributed by atoms with E-state index in [0.717, 1.165) is 0 Å². The van der Waals surface area contributed by atoms with Crippen LogP contribution in [0.25, 0.3) is 0 Å². The molecule has 1 aromatic carbocycles. The highest BCUT2D eigenvalue weighted by Gasteiger charge is 2.11. The van der Waals surface area contributed by atoms with Gasteiger partial charge in [-0.25, -0.2) is 4.98 Å². The summed E-state index contributed by atoms with van der Waals surface area (Å²) in [7, 11) is 0. The minimum atomic E-state index is -0.561. The lowest BCUT2D eigenvalue weighted by Gasteiger charge is -2.07. The van der Waals surface area contributed by atoms with Crippen molar-refractivity contribution < 1.29 is 9.72 Å². The van der Waals surface area contributed by atoms with Crippen LogP contribution in [-0.2, 0) is 6.54 Å². The fraction of sp³-hybridized carbons (Fsp3) is 0.214. The number of hydrogen-bond donors (Lipinski definition) is 1. The zero-order chi connectivity index (χ0) is 16.1. The Labute approximate surface area is 125 Å². The Morgan fingerprint density at radius 1 is 1.41 bits per heavy atom. The normalized spacial score (nSPS) is 10.2. The number of amides is 1. The third-order valence-electron chi connectivity index (χ3n) is 2.97. The first-order chi connectivity index (χ1) is 10.5. The third kappa shape index (κ3) is 3.75. The number of hydrogen-bond acceptors (Lipinski definition) is 5. The van der Waals surface area contributed by atoms with E-state index in [1.165, 1.54) is 41.2 Å². The molecule has 0 saturated heterocycles. The van der Waals surface area contributed by atoms with Crippen LogP contribution in [0.1, 0.15) is 16.1 Å². The summed E-state index contributed by atoms with van der Waals surface area (Å²) in [6.07, 6.45) is 1.41. The van der Waals surface area contributed by atoms with E-state index < -0.39 is 10.8 Å². The maximum absolute atomic E-state index is 11.9. The van der Waals surface area contributed by atoms with Gasteiger partial charge in [-0.15, -0.1) is 0 Å². The molecule has 0 aliphatic rings. The second kappa shape index (κ2) is 6.61. The average molecular weight is 302 g/mol. The SMILES string of the molecule is Cc1cc(=O)n(CCNC(=O)c2cccc([N+](=O)[O-])c2)cn1. The van der Waals surface area contributed by atoms with Gasteiger partial charge in [0.25, 0.3) is 17.2 Å². The van der Waals surface area contributed by atoms with Gasteiger partial charge in [-0.2, -0.15) is 0 Å². The highest BCUT2D eigenvalue weighted by molar-refractivity contribution is 5.94. The van der Waals surface area contributed by atoms with Crippen LogP contribution in [-0.4, -0.2) is 26.9 Å². The smallest absolute Gasteiger partial charge is 0.270 e. The molecular weight excluding hydrogens is 288 g/mol. The van der Waals surface area contributed by atoms with Gasteiger partial charge in [0.15, 0.2) is 0 Å². The Hall–Kier alpha value is -3.03. The molecule has 22 heavy (non-hydrogen) atoms. The average Bonchev–Trinajstić information content (AvgIpc) is 2.49. The Kier molecular flexibility index (Phi) is 4.62. The van der Waals surface area contributed by atoms with Gasteiger partial charge >= 0.3 is 0 Å². The number of aromatic nitrogens is 2. The monoisotopic (exact) mass is 302 g/mol. The highest BCUT2D eigenvalue weighted by Crippen LogP contribution is 2.12. The van der Waals surface area contributed by atoms with Crippen LogP contribution in [0.2, 0.25) is 0 Å². The van der Waals surface area contributed by atoms with E-state index in [0.29, 0.717) is 5.69 Å². The van der Waals surface area contributed by atoms with Crippen molar-refractivity contribution in [2.24, 2.45) is 0 Å². The van der Waals surface area contributed by atoms with E-state index in [9.17, 15) is 19.7 Å². The summed E-state index contributed by atoms with van der Waals surface area (Å²) in [6.45, 7) is 2.20. The lowest BCUT2D eigenvalue weighted by Crippen LogP contribution is -2.30. The maximum Gasteiger partial charge on any atom is 0.270 e. The number of nitrogens with zero attached hydrogens (tertiary/aromatic N) is 3. The Morgan fingerprint density at radius 2 is 2.18 bits per heavy atom. The lowest BCUT2D eigenvalue weighted by molar-refractivity contribution is -0.384. The van der Waals surface area contributed by atoms with Crippen molar-refractivity contribution in [3.8, 4) is 0 Å². The predicted molar refractivity (Wildman–Crippen MR) is 78.7 cm³/mol. The van der Waals surface area contributed by atoms with Crippen LogP contribution >= 0.6 is 0 Å². The van der Waals surface area contributed by atoms with E-state index in [1.807, 2.05) is 0 Å². The highest BCUT2D eigenvalue weighted by atomic mass is 16.6. The number of non-ortho nitro benzene ring substituents is 1. The molecular formula is C14H14N4O4. The number of rotatable bonds is 5. The topological polar surface area (TPSA) is 107 Å². The van der Waals surface area contributed by atoms with E-state index >= 15 is 0 Å². The summed E-state index contributed by atoms with van der Waals surface area (Å²) in [5.41, 5.74) is 0.481. The number of nitro groups is 1. The number of nitro benzene ring substituents is 1.